The van der Waals surface area contributed by atoms with Gasteiger partial charge in [0, 0.05) is 15.6 Å². The molecule has 0 unspecified atom stereocenters. The van der Waals surface area contributed by atoms with Gasteiger partial charge >= 0.3 is 5.97 Å². The van der Waals surface area contributed by atoms with Crippen LogP contribution in [0.1, 0.15) is 11.3 Å². The smallest absolute Gasteiger partial charge is 0.336 e. The van der Waals surface area contributed by atoms with E-state index in [1.54, 1.807) is 59.3 Å². The molecule has 1 N–H and O–H groups in total. The molecule has 0 atom stereocenters. The van der Waals surface area contributed by atoms with Crippen LogP contribution in [0.5, 0.6) is 11.5 Å². The molecule has 0 radical (unpaired) electrons. The molecule has 0 saturated heterocycles. The Kier molecular flexibility index (Phi) is 5.96. The van der Waals surface area contributed by atoms with Crippen molar-refractivity contribution in [3.63, 3.8) is 0 Å². The number of benzene rings is 3. The first-order valence-corrected chi connectivity index (χ1v) is 11.2. The highest BCUT2D eigenvalue weighted by atomic mass is 35.5. The molecule has 3 aromatic carbocycles. The van der Waals surface area contributed by atoms with Gasteiger partial charge in [0.25, 0.3) is 0 Å². The molecule has 5 rings (SSSR count). The molecule has 34 heavy (non-hydrogen) atoms. The van der Waals surface area contributed by atoms with Gasteiger partial charge in [0.2, 0.25) is 6.79 Å². The molecule has 0 fully saturated rings. The van der Waals surface area contributed by atoms with E-state index in [2.05, 4.69) is 5.10 Å². The zero-order chi connectivity index (χ0) is 23.8. The number of aliphatic carboxylic acids is 1. The third-order valence-corrected chi connectivity index (χ3v) is 5.98. The summed E-state index contributed by atoms with van der Waals surface area (Å²) in [7, 11) is 0. The number of carboxylic acids is 1. The van der Waals surface area contributed by atoms with E-state index in [1.807, 2.05) is 12.1 Å². The van der Waals surface area contributed by atoms with E-state index in [0.29, 0.717) is 49.2 Å². The van der Waals surface area contributed by atoms with E-state index >= 15 is 0 Å². The number of aromatic nitrogens is 2. The number of carbonyl (C=O) groups is 1. The lowest BCUT2D eigenvalue weighted by molar-refractivity contribution is -0.130. The van der Waals surface area contributed by atoms with Crippen molar-refractivity contribution in [1.82, 2.24) is 9.78 Å². The average molecular weight is 514 g/mol. The third-order valence-electron chi connectivity index (χ3n) is 5.19. The molecule has 0 aliphatic carbocycles. The standard InChI is InChI=1S/C25H15Cl3N2O4/c26-16-3-1-2-14(8-16)19(25(31)32)11-18-12-21(15-4-7-23-24(9-15)34-13-33-23)30(29-18)22-10-17(27)5-6-20(22)28/h1-12H,13H2,(H,31,32)/b19-11-. The summed E-state index contributed by atoms with van der Waals surface area (Å²) in [6.45, 7) is 0.147. The van der Waals surface area contributed by atoms with Crippen LogP contribution in [0.2, 0.25) is 15.1 Å². The van der Waals surface area contributed by atoms with Gasteiger partial charge in [0.1, 0.15) is 0 Å². The Labute approximate surface area is 209 Å². The number of rotatable bonds is 5. The number of hydrogen-bond acceptors (Lipinski definition) is 4. The first-order valence-electron chi connectivity index (χ1n) is 10.1. The summed E-state index contributed by atoms with van der Waals surface area (Å²) in [4.78, 5) is 12.1. The van der Waals surface area contributed by atoms with E-state index in [0.717, 1.165) is 5.56 Å². The summed E-state index contributed by atoms with van der Waals surface area (Å²) < 4.78 is 12.6. The zero-order valence-corrected chi connectivity index (χ0v) is 19.6. The van der Waals surface area contributed by atoms with E-state index in [-0.39, 0.29) is 12.4 Å². The SMILES string of the molecule is O=C(O)/C(=C\c1cc(-c2ccc3c(c2)OCO3)n(-c2cc(Cl)ccc2Cl)n1)c1cccc(Cl)c1. The first kappa shape index (κ1) is 22.3. The van der Waals surface area contributed by atoms with Crippen LogP contribution in [0.3, 0.4) is 0 Å². The summed E-state index contributed by atoms with van der Waals surface area (Å²) in [6, 6.07) is 18.9. The monoisotopic (exact) mass is 512 g/mol. The maximum atomic E-state index is 12.1. The Bertz CT molecular complexity index is 1460. The summed E-state index contributed by atoms with van der Waals surface area (Å²) >= 11 is 18.8. The molecule has 0 amide bonds. The average Bonchev–Trinajstić information content (AvgIpc) is 3.45. The van der Waals surface area contributed by atoms with Crippen molar-refractivity contribution in [2.75, 3.05) is 6.79 Å². The van der Waals surface area contributed by atoms with E-state index in [9.17, 15) is 9.90 Å². The van der Waals surface area contributed by atoms with Crippen LogP contribution in [-0.4, -0.2) is 27.6 Å². The molecule has 6 nitrogen and oxygen atoms in total. The van der Waals surface area contributed by atoms with Gasteiger partial charge < -0.3 is 14.6 Å². The molecule has 0 saturated carbocycles. The van der Waals surface area contributed by atoms with Gasteiger partial charge in [0.15, 0.2) is 11.5 Å². The summed E-state index contributed by atoms with van der Waals surface area (Å²) in [5, 5.41) is 15.9. The fourth-order valence-electron chi connectivity index (χ4n) is 3.64. The van der Waals surface area contributed by atoms with Gasteiger partial charge in [-0.3, -0.25) is 0 Å². The van der Waals surface area contributed by atoms with Crippen LogP contribution >= 0.6 is 34.8 Å². The van der Waals surface area contributed by atoms with Crippen LogP contribution in [0, 0.1) is 0 Å². The Balaban J connectivity index is 1.70. The molecule has 1 aliphatic heterocycles. The van der Waals surface area contributed by atoms with E-state index in [4.69, 9.17) is 44.3 Å². The Morgan fingerprint density at radius 1 is 0.941 bits per heavy atom. The quantitative estimate of drug-likeness (QED) is 0.295. The van der Waals surface area contributed by atoms with Crippen LogP contribution in [-0.2, 0) is 4.79 Å². The number of nitrogens with zero attached hydrogens (tertiary/aromatic N) is 2. The fraction of sp³-hybridized carbons (Fsp3) is 0.0400. The second-order valence-electron chi connectivity index (χ2n) is 7.40. The first-order chi connectivity index (χ1) is 16.4. The lowest BCUT2D eigenvalue weighted by atomic mass is 10.0. The lowest BCUT2D eigenvalue weighted by Gasteiger charge is -2.10. The predicted molar refractivity (Wildman–Crippen MR) is 132 cm³/mol. The van der Waals surface area contributed by atoms with Crippen molar-refractivity contribution >= 4 is 52.4 Å². The molecular weight excluding hydrogens is 499 g/mol. The second-order valence-corrected chi connectivity index (χ2v) is 8.68. The summed E-state index contributed by atoms with van der Waals surface area (Å²) in [5.74, 6) is 0.136. The molecule has 0 bridgehead atoms. The molecule has 4 aromatic rings. The van der Waals surface area contributed by atoms with Gasteiger partial charge in [-0.2, -0.15) is 5.10 Å². The van der Waals surface area contributed by atoms with Crippen LogP contribution in [0.25, 0.3) is 28.6 Å². The Morgan fingerprint density at radius 2 is 1.74 bits per heavy atom. The molecular formula is C25H15Cl3N2O4. The number of hydrogen-bond donors (Lipinski definition) is 1. The minimum atomic E-state index is -1.11. The van der Waals surface area contributed by atoms with Crippen molar-refractivity contribution < 1.29 is 19.4 Å². The summed E-state index contributed by atoms with van der Waals surface area (Å²) in [5.41, 5.74) is 2.88. The number of ether oxygens (including phenoxy) is 2. The van der Waals surface area contributed by atoms with E-state index < -0.39 is 5.97 Å². The van der Waals surface area contributed by atoms with Crippen molar-refractivity contribution in [2.24, 2.45) is 0 Å². The highest BCUT2D eigenvalue weighted by Gasteiger charge is 2.20. The zero-order valence-electron chi connectivity index (χ0n) is 17.3. The largest absolute Gasteiger partial charge is 0.478 e. The fourth-order valence-corrected chi connectivity index (χ4v) is 4.19. The van der Waals surface area contributed by atoms with Crippen molar-refractivity contribution in [3.05, 3.63) is 93.1 Å². The van der Waals surface area contributed by atoms with Crippen molar-refractivity contribution in [2.45, 2.75) is 0 Å². The number of carboxylic acid groups (broad SMARTS) is 1. The number of halogens is 3. The summed E-state index contributed by atoms with van der Waals surface area (Å²) in [6.07, 6.45) is 1.49. The van der Waals surface area contributed by atoms with Gasteiger partial charge in [-0.05, 0) is 66.2 Å². The highest BCUT2D eigenvalue weighted by Crippen LogP contribution is 2.38. The van der Waals surface area contributed by atoms with E-state index in [1.165, 1.54) is 6.08 Å². The maximum Gasteiger partial charge on any atom is 0.336 e. The molecule has 170 valence electrons. The minimum Gasteiger partial charge on any atom is -0.478 e. The maximum absolute atomic E-state index is 12.1. The van der Waals surface area contributed by atoms with Gasteiger partial charge in [-0.25, -0.2) is 9.48 Å². The molecule has 1 aliphatic rings. The third kappa shape index (κ3) is 4.35. The molecule has 0 spiro atoms. The molecule has 1 aromatic heterocycles. The van der Waals surface area contributed by atoms with Crippen LogP contribution in [0.15, 0.2) is 66.7 Å². The van der Waals surface area contributed by atoms with Crippen LogP contribution in [0.4, 0.5) is 0 Å². The van der Waals surface area contributed by atoms with Gasteiger partial charge in [-0.15, -0.1) is 0 Å². The predicted octanol–water partition coefficient (Wildman–Crippen LogP) is 6.85. The minimum absolute atomic E-state index is 0.0431. The normalized spacial score (nSPS) is 12.7. The molecule has 9 heteroatoms. The Hall–Kier alpha value is -3.45. The second kappa shape index (κ2) is 9.06. The van der Waals surface area contributed by atoms with Crippen molar-refractivity contribution in [3.8, 4) is 28.4 Å². The van der Waals surface area contributed by atoms with Gasteiger partial charge in [-0.1, -0.05) is 46.9 Å². The lowest BCUT2D eigenvalue weighted by Crippen LogP contribution is -2.01. The topological polar surface area (TPSA) is 73.6 Å². The van der Waals surface area contributed by atoms with Crippen LogP contribution < -0.4 is 9.47 Å². The number of fused-ring (bicyclic) bond motifs is 1. The Morgan fingerprint density at radius 3 is 2.53 bits per heavy atom. The molecule has 2 heterocycles. The van der Waals surface area contributed by atoms with Gasteiger partial charge in [0.05, 0.1) is 27.7 Å². The van der Waals surface area contributed by atoms with Crippen molar-refractivity contribution in [1.29, 1.82) is 0 Å². The highest BCUT2D eigenvalue weighted by molar-refractivity contribution is 6.34.